The highest BCUT2D eigenvalue weighted by Crippen LogP contribution is 2.35. The minimum Gasteiger partial charge on any atom is -0.351 e. The first-order valence-electron chi connectivity index (χ1n) is 9.49. The van der Waals surface area contributed by atoms with Crippen LogP contribution in [0.5, 0.6) is 0 Å². The number of hydrogen-bond donors (Lipinski definition) is 2. The van der Waals surface area contributed by atoms with Gasteiger partial charge < -0.3 is 10.6 Å². The third-order valence-corrected chi connectivity index (χ3v) is 5.15. The van der Waals surface area contributed by atoms with E-state index in [4.69, 9.17) is 0 Å². The van der Waals surface area contributed by atoms with Crippen LogP contribution in [0.1, 0.15) is 45.2 Å². The summed E-state index contributed by atoms with van der Waals surface area (Å²) in [5.74, 6) is 1.59. The molecule has 28 heavy (non-hydrogen) atoms. The molecule has 2 aromatic heterocycles. The van der Waals surface area contributed by atoms with Gasteiger partial charge in [-0.15, -0.1) is 0 Å². The quantitative estimate of drug-likeness (QED) is 0.740. The van der Waals surface area contributed by atoms with E-state index in [1.807, 2.05) is 13.8 Å². The lowest BCUT2D eigenvalue weighted by molar-refractivity contribution is -0.141. The average molecular weight is 393 g/mol. The van der Waals surface area contributed by atoms with Gasteiger partial charge in [-0.1, -0.05) is 0 Å². The van der Waals surface area contributed by atoms with Crippen LogP contribution in [-0.4, -0.2) is 37.0 Å². The Labute approximate surface area is 160 Å². The third kappa shape index (κ3) is 4.48. The molecule has 2 atom stereocenters. The van der Waals surface area contributed by atoms with Crippen LogP contribution in [0.4, 0.5) is 25.1 Å². The first-order valence-corrected chi connectivity index (χ1v) is 9.49. The number of rotatable bonds is 7. The summed E-state index contributed by atoms with van der Waals surface area (Å²) < 4.78 is 39.0. The summed E-state index contributed by atoms with van der Waals surface area (Å²) >= 11 is 0. The molecule has 10 heteroatoms. The zero-order chi connectivity index (χ0) is 19.9. The molecule has 2 aromatic rings. The van der Waals surface area contributed by atoms with Gasteiger partial charge in [-0.2, -0.15) is 28.1 Å². The van der Waals surface area contributed by atoms with Gasteiger partial charge in [-0.05, 0) is 57.4 Å². The highest BCUT2D eigenvalue weighted by molar-refractivity contribution is 5.50. The Balaban J connectivity index is 1.66. The lowest BCUT2D eigenvalue weighted by Crippen LogP contribution is -2.23. The largest absolute Gasteiger partial charge is 0.433 e. The molecule has 2 saturated carbocycles. The normalized spacial score (nSPS) is 19.2. The fraction of sp³-hybridized carbons (Fsp3) is 0.611. The zero-order valence-corrected chi connectivity index (χ0v) is 15.7. The van der Waals surface area contributed by atoms with Gasteiger partial charge in [0.25, 0.3) is 0 Å². The van der Waals surface area contributed by atoms with E-state index in [1.165, 1.54) is 0 Å². The van der Waals surface area contributed by atoms with Gasteiger partial charge in [-0.25, -0.2) is 9.97 Å². The second-order valence-electron chi connectivity index (χ2n) is 7.61. The third-order valence-electron chi connectivity index (χ3n) is 5.15. The SMILES string of the molecule is CC(Nc1nc(NC(C)C2CC2)nc(-c2nccc(C(F)(F)F)n2)n1)C1CC1. The van der Waals surface area contributed by atoms with Crippen LogP contribution in [-0.2, 0) is 6.18 Å². The summed E-state index contributed by atoms with van der Waals surface area (Å²) in [6, 6.07) is 1.17. The smallest absolute Gasteiger partial charge is 0.351 e. The predicted molar refractivity (Wildman–Crippen MR) is 97.5 cm³/mol. The molecule has 0 saturated heterocycles. The van der Waals surface area contributed by atoms with E-state index in [1.54, 1.807) is 0 Å². The number of aromatic nitrogens is 5. The van der Waals surface area contributed by atoms with Crippen LogP contribution in [0.25, 0.3) is 11.6 Å². The van der Waals surface area contributed by atoms with E-state index in [2.05, 4.69) is 35.6 Å². The van der Waals surface area contributed by atoms with E-state index in [9.17, 15) is 13.2 Å². The maximum Gasteiger partial charge on any atom is 0.433 e. The highest BCUT2D eigenvalue weighted by Gasteiger charge is 2.34. The molecule has 2 aliphatic rings. The summed E-state index contributed by atoms with van der Waals surface area (Å²) in [7, 11) is 0. The van der Waals surface area contributed by atoms with Crippen LogP contribution in [0.3, 0.4) is 0 Å². The average Bonchev–Trinajstić information content (AvgIpc) is 3.53. The van der Waals surface area contributed by atoms with Crippen molar-refractivity contribution in [2.45, 2.75) is 57.8 Å². The van der Waals surface area contributed by atoms with E-state index in [0.717, 1.165) is 37.9 Å². The van der Waals surface area contributed by atoms with Crippen molar-refractivity contribution in [1.29, 1.82) is 0 Å². The summed E-state index contributed by atoms with van der Waals surface area (Å²) in [6.07, 6.45) is 1.08. The van der Waals surface area contributed by atoms with Gasteiger partial charge >= 0.3 is 6.18 Å². The molecule has 2 unspecified atom stereocenters. The lowest BCUT2D eigenvalue weighted by atomic mass is 10.2. The van der Waals surface area contributed by atoms with Gasteiger partial charge in [-0.3, -0.25) is 0 Å². The lowest BCUT2D eigenvalue weighted by Gasteiger charge is -2.16. The maximum atomic E-state index is 13.0. The number of hydrogen-bond acceptors (Lipinski definition) is 7. The number of nitrogens with one attached hydrogen (secondary N) is 2. The fourth-order valence-electron chi connectivity index (χ4n) is 3.06. The van der Waals surface area contributed by atoms with Crippen molar-refractivity contribution in [1.82, 2.24) is 24.9 Å². The molecule has 2 aliphatic carbocycles. The van der Waals surface area contributed by atoms with Crippen molar-refractivity contribution < 1.29 is 13.2 Å². The molecule has 0 amide bonds. The molecule has 2 heterocycles. The summed E-state index contributed by atoms with van der Waals surface area (Å²) in [6.45, 7) is 4.09. The van der Waals surface area contributed by atoms with Gasteiger partial charge in [0.15, 0.2) is 5.82 Å². The van der Waals surface area contributed by atoms with Crippen LogP contribution in [0, 0.1) is 11.8 Å². The van der Waals surface area contributed by atoms with E-state index in [0.29, 0.717) is 23.7 Å². The van der Waals surface area contributed by atoms with Crippen molar-refractivity contribution in [3.63, 3.8) is 0 Å². The van der Waals surface area contributed by atoms with Gasteiger partial charge in [0.1, 0.15) is 5.69 Å². The molecule has 2 fully saturated rings. The molecule has 0 bridgehead atoms. The Morgan fingerprint density at radius 3 is 1.86 bits per heavy atom. The Kier molecular flexibility index (Phi) is 4.80. The van der Waals surface area contributed by atoms with E-state index in [-0.39, 0.29) is 23.7 Å². The fourth-order valence-corrected chi connectivity index (χ4v) is 3.06. The van der Waals surface area contributed by atoms with Crippen molar-refractivity contribution in [3.05, 3.63) is 18.0 Å². The predicted octanol–water partition coefficient (Wildman–Crippen LogP) is 3.77. The standard InChI is InChI=1S/C18H22F3N7/c1-9(11-3-4-11)23-16-26-15(14-22-8-7-13(25-14)18(19,20)21)27-17(28-16)24-10(2)12-5-6-12/h7-12H,3-6H2,1-2H3,(H2,23,24,26,27,28). The summed E-state index contributed by atoms with van der Waals surface area (Å²) in [4.78, 5) is 20.5. The Morgan fingerprint density at radius 2 is 1.39 bits per heavy atom. The summed E-state index contributed by atoms with van der Waals surface area (Å²) in [5, 5.41) is 6.47. The monoisotopic (exact) mass is 393 g/mol. The minimum atomic E-state index is -4.56. The van der Waals surface area contributed by atoms with Crippen LogP contribution in [0.2, 0.25) is 0 Å². The van der Waals surface area contributed by atoms with Crippen LogP contribution < -0.4 is 10.6 Å². The molecular weight excluding hydrogens is 371 g/mol. The van der Waals surface area contributed by atoms with Crippen molar-refractivity contribution in [2.24, 2.45) is 11.8 Å². The van der Waals surface area contributed by atoms with Crippen LogP contribution >= 0.6 is 0 Å². The minimum absolute atomic E-state index is 0.0112. The molecule has 0 aliphatic heterocycles. The Hall–Kier alpha value is -2.52. The first-order chi connectivity index (χ1) is 13.3. The van der Waals surface area contributed by atoms with Crippen molar-refractivity contribution in [2.75, 3.05) is 10.6 Å². The van der Waals surface area contributed by atoms with Gasteiger partial charge in [0, 0.05) is 18.3 Å². The number of alkyl halides is 3. The number of halogens is 3. The van der Waals surface area contributed by atoms with Gasteiger partial charge in [0.05, 0.1) is 0 Å². The first kappa shape index (κ1) is 18.8. The van der Waals surface area contributed by atoms with Gasteiger partial charge in [0.2, 0.25) is 17.7 Å². The number of anilines is 2. The van der Waals surface area contributed by atoms with Crippen molar-refractivity contribution in [3.8, 4) is 11.6 Å². The Morgan fingerprint density at radius 1 is 0.857 bits per heavy atom. The van der Waals surface area contributed by atoms with E-state index < -0.39 is 11.9 Å². The number of nitrogens with zero attached hydrogens (tertiary/aromatic N) is 5. The maximum absolute atomic E-state index is 13.0. The topological polar surface area (TPSA) is 88.5 Å². The second kappa shape index (κ2) is 7.14. The zero-order valence-electron chi connectivity index (χ0n) is 15.7. The molecular formula is C18H22F3N7. The highest BCUT2D eigenvalue weighted by atomic mass is 19.4. The van der Waals surface area contributed by atoms with E-state index >= 15 is 0 Å². The molecule has 0 aromatic carbocycles. The molecule has 150 valence electrons. The molecule has 0 spiro atoms. The molecule has 4 rings (SSSR count). The molecule has 2 N–H and O–H groups in total. The second-order valence-corrected chi connectivity index (χ2v) is 7.61. The Bertz CT molecular complexity index is 811. The molecule has 0 radical (unpaired) electrons. The van der Waals surface area contributed by atoms with Crippen LogP contribution in [0.15, 0.2) is 12.3 Å². The summed E-state index contributed by atoms with van der Waals surface area (Å²) in [5.41, 5.74) is -1.03. The molecule has 7 nitrogen and oxygen atoms in total. The van der Waals surface area contributed by atoms with Crippen molar-refractivity contribution >= 4 is 11.9 Å².